The summed E-state index contributed by atoms with van der Waals surface area (Å²) in [5, 5.41) is 10.8. The molecule has 1 fully saturated rings. The first-order chi connectivity index (χ1) is 23.8. The highest BCUT2D eigenvalue weighted by Crippen LogP contribution is 2.19. The summed E-state index contributed by atoms with van der Waals surface area (Å²) >= 11 is 2.39. The number of unbranched alkanes of at least 4 members (excludes halogenated alkanes) is 2. The van der Waals surface area contributed by atoms with Crippen LogP contribution in [0.3, 0.4) is 0 Å². The number of primary amides is 1. The molecule has 0 aliphatic carbocycles. The number of likely N-dealkylation sites (tertiary alicyclic amines) is 1. The normalized spacial score (nSPS) is 15.8. The Hall–Kier alpha value is -4.22. The number of nitrogens with zero attached hydrogens (tertiary/aromatic N) is 2. The molecule has 0 saturated carbocycles. The number of alkyl halides is 1. The Morgan fingerprint density at radius 1 is 0.920 bits per heavy atom. The number of halogens is 1. The van der Waals surface area contributed by atoms with E-state index in [9.17, 15) is 33.6 Å². The van der Waals surface area contributed by atoms with Crippen LogP contribution in [0, 0.1) is 5.92 Å². The molecule has 0 bridgehead atoms. The Bertz CT molecular complexity index is 1380. The van der Waals surface area contributed by atoms with Gasteiger partial charge in [-0.3, -0.25) is 28.9 Å². The predicted molar refractivity (Wildman–Crippen MR) is 194 cm³/mol. The van der Waals surface area contributed by atoms with E-state index < -0.39 is 29.9 Å². The average Bonchev–Trinajstić information content (AvgIpc) is 3.40. The molecule has 2 heterocycles. The summed E-state index contributed by atoms with van der Waals surface area (Å²) in [7, 11) is 0. The van der Waals surface area contributed by atoms with Gasteiger partial charge in [0.1, 0.15) is 18.7 Å². The van der Waals surface area contributed by atoms with Crippen molar-refractivity contribution in [1.82, 2.24) is 25.8 Å². The minimum absolute atomic E-state index is 0.0867. The maximum atomic E-state index is 13.4. The first kappa shape index (κ1) is 40.2. The number of imide groups is 1. The lowest BCUT2D eigenvalue weighted by atomic mass is 10.0. The fraction of sp³-hybridized carbons (Fsp3) is 0.559. The van der Waals surface area contributed by atoms with Crippen LogP contribution in [0.25, 0.3) is 0 Å². The highest BCUT2D eigenvalue weighted by molar-refractivity contribution is 14.1. The fourth-order valence-corrected chi connectivity index (χ4v) is 5.95. The van der Waals surface area contributed by atoms with Gasteiger partial charge in [0.25, 0.3) is 11.8 Å². The second-order valence-corrected chi connectivity index (χ2v) is 14.4. The lowest BCUT2D eigenvalue weighted by molar-refractivity contribution is -0.137. The van der Waals surface area contributed by atoms with Gasteiger partial charge in [0, 0.05) is 54.4 Å². The number of urea groups is 1. The number of ether oxygens (including phenoxy) is 1. The number of benzene rings is 1. The van der Waals surface area contributed by atoms with Crippen LogP contribution in [-0.4, -0.2) is 93.6 Å². The lowest BCUT2D eigenvalue weighted by Gasteiger charge is -2.28. The zero-order valence-electron chi connectivity index (χ0n) is 28.6. The topological polar surface area (TPSA) is 209 Å². The monoisotopic (exact) mass is 809 g/mol. The van der Waals surface area contributed by atoms with E-state index in [4.69, 9.17) is 10.5 Å². The van der Waals surface area contributed by atoms with Crippen molar-refractivity contribution in [2.45, 2.75) is 87.8 Å². The van der Waals surface area contributed by atoms with Gasteiger partial charge in [0.2, 0.25) is 17.7 Å². The molecular formula is C34H48IN7O8. The summed E-state index contributed by atoms with van der Waals surface area (Å²) in [4.78, 5) is 89.3. The van der Waals surface area contributed by atoms with Crippen LogP contribution >= 0.6 is 22.6 Å². The van der Waals surface area contributed by atoms with Gasteiger partial charge in [0.05, 0.1) is 0 Å². The number of nitrogens with two attached hydrogens (primary N) is 1. The Balaban J connectivity index is 1.51. The number of carbonyl (C=O) groups is 7. The van der Waals surface area contributed by atoms with Gasteiger partial charge in [0.15, 0.2) is 0 Å². The molecule has 1 aromatic rings. The van der Waals surface area contributed by atoms with Crippen LogP contribution in [0.4, 0.5) is 15.3 Å². The fourth-order valence-electron chi connectivity index (χ4n) is 5.39. The molecule has 3 rings (SSSR count). The number of hydrogen-bond acceptors (Lipinski definition) is 8. The molecule has 50 heavy (non-hydrogen) atoms. The quantitative estimate of drug-likeness (QED) is 0.0643. The third kappa shape index (κ3) is 13.6. The van der Waals surface area contributed by atoms with Crippen molar-refractivity contribution in [2.24, 2.45) is 11.7 Å². The average molecular weight is 810 g/mol. The molecule has 15 nitrogen and oxygen atoms in total. The molecule has 1 saturated heterocycles. The van der Waals surface area contributed by atoms with Crippen molar-refractivity contribution in [1.29, 1.82) is 0 Å². The number of piperidine rings is 1. The minimum Gasteiger partial charge on any atom is -0.445 e. The number of carbonyl (C=O) groups excluding carboxylic acids is 7. The third-order valence-corrected chi connectivity index (χ3v) is 9.57. The molecule has 1 aromatic carbocycles. The Labute approximate surface area is 306 Å². The van der Waals surface area contributed by atoms with E-state index in [1.807, 2.05) is 0 Å². The standard InChI is InChI=1S/C34H48IN7O8/c1-22(2)30(40-27(43)8-4-3-5-18-42-28(44)13-14-29(42)45)32(47)39-26(7-6-17-37-33(36)48)31(46)38-25-11-9-23(10-12-25)21-50-34(49)41-19-15-24(35)16-20-41/h9-14,22,24,26,30H,3-8,15-21H2,1-2H3,(H,38,46)(H,39,47)(H,40,43)(H3,36,37,48)/t26-,30-/m0/s1. The zero-order chi connectivity index (χ0) is 36.6. The van der Waals surface area contributed by atoms with Crippen molar-refractivity contribution in [2.75, 3.05) is 31.5 Å². The van der Waals surface area contributed by atoms with Crippen LogP contribution in [0.15, 0.2) is 36.4 Å². The summed E-state index contributed by atoms with van der Waals surface area (Å²) in [5.41, 5.74) is 6.36. The van der Waals surface area contributed by atoms with Gasteiger partial charge in [-0.1, -0.05) is 55.0 Å². The Morgan fingerprint density at radius 3 is 2.20 bits per heavy atom. The largest absolute Gasteiger partial charge is 0.445 e. The first-order valence-electron chi connectivity index (χ1n) is 17.0. The van der Waals surface area contributed by atoms with Gasteiger partial charge in [-0.05, 0) is 62.1 Å². The van der Waals surface area contributed by atoms with Crippen LogP contribution in [-0.2, 0) is 35.3 Å². The smallest absolute Gasteiger partial charge is 0.410 e. The van der Waals surface area contributed by atoms with E-state index in [0.29, 0.717) is 48.4 Å². The maximum absolute atomic E-state index is 13.4. The predicted octanol–water partition coefficient (Wildman–Crippen LogP) is 2.72. The van der Waals surface area contributed by atoms with E-state index in [-0.39, 0.29) is 62.3 Å². The molecule has 16 heteroatoms. The van der Waals surface area contributed by atoms with Crippen molar-refractivity contribution >= 4 is 69.9 Å². The molecular weight excluding hydrogens is 761 g/mol. The molecule has 2 aliphatic rings. The second-order valence-electron chi connectivity index (χ2n) is 12.7. The molecule has 0 spiro atoms. The summed E-state index contributed by atoms with van der Waals surface area (Å²) in [6.45, 7) is 5.46. The van der Waals surface area contributed by atoms with Gasteiger partial charge >= 0.3 is 12.1 Å². The van der Waals surface area contributed by atoms with Gasteiger partial charge in [-0.25, -0.2) is 9.59 Å². The van der Waals surface area contributed by atoms with E-state index in [1.54, 1.807) is 43.0 Å². The number of anilines is 1. The van der Waals surface area contributed by atoms with Crippen LogP contribution in [0.1, 0.15) is 70.8 Å². The molecule has 6 N–H and O–H groups in total. The summed E-state index contributed by atoms with van der Waals surface area (Å²) < 4.78 is 6.03. The number of nitrogens with one attached hydrogen (secondary N) is 4. The van der Waals surface area contributed by atoms with E-state index in [1.165, 1.54) is 12.2 Å². The number of hydrogen-bond donors (Lipinski definition) is 5. The van der Waals surface area contributed by atoms with E-state index >= 15 is 0 Å². The summed E-state index contributed by atoms with van der Waals surface area (Å²) in [5.74, 6) is -2.34. The molecule has 274 valence electrons. The van der Waals surface area contributed by atoms with Gasteiger partial charge < -0.3 is 36.6 Å². The third-order valence-electron chi connectivity index (χ3n) is 8.32. The van der Waals surface area contributed by atoms with Crippen molar-refractivity contribution in [3.05, 3.63) is 42.0 Å². The van der Waals surface area contributed by atoms with Crippen LogP contribution in [0.2, 0.25) is 0 Å². The Morgan fingerprint density at radius 2 is 1.58 bits per heavy atom. The van der Waals surface area contributed by atoms with Crippen molar-refractivity contribution in [3.63, 3.8) is 0 Å². The molecule has 0 aromatic heterocycles. The maximum Gasteiger partial charge on any atom is 0.410 e. The number of rotatable bonds is 18. The minimum atomic E-state index is -0.992. The highest BCUT2D eigenvalue weighted by Gasteiger charge is 2.29. The molecule has 2 atom stereocenters. The van der Waals surface area contributed by atoms with Crippen LogP contribution in [0.5, 0.6) is 0 Å². The number of amides is 8. The summed E-state index contributed by atoms with van der Waals surface area (Å²) in [6, 6.07) is 4.20. The molecule has 8 amide bonds. The summed E-state index contributed by atoms with van der Waals surface area (Å²) in [6.07, 6.45) is 6.30. The molecule has 0 unspecified atom stereocenters. The van der Waals surface area contributed by atoms with E-state index in [2.05, 4.69) is 43.9 Å². The zero-order valence-corrected chi connectivity index (χ0v) is 30.7. The van der Waals surface area contributed by atoms with Crippen molar-refractivity contribution in [3.8, 4) is 0 Å². The van der Waals surface area contributed by atoms with Crippen LogP contribution < -0.4 is 27.0 Å². The van der Waals surface area contributed by atoms with Gasteiger partial charge in [-0.15, -0.1) is 0 Å². The molecule has 0 radical (unpaired) electrons. The SMILES string of the molecule is CC(C)[C@H](NC(=O)CCCCCN1C(=O)C=CC1=O)C(=O)N[C@@H](CCCNC(N)=O)C(=O)Nc1ccc(COC(=O)N2CCC(I)CC2)cc1. The lowest BCUT2D eigenvalue weighted by Crippen LogP contribution is -2.54. The van der Waals surface area contributed by atoms with E-state index in [0.717, 1.165) is 23.3 Å². The first-order valence-corrected chi connectivity index (χ1v) is 18.2. The molecule has 2 aliphatic heterocycles. The highest BCUT2D eigenvalue weighted by atomic mass is 127. The van der Waals surface area contributed by atoms with Crippen molar-refractivity contribution < 1.29 is 38.3 Å². The Kier molecular flexibility index (Phi) is 16.4. The van der Waals surface area contributed by atoms with Gasteiger partial charge in [-0.2, -0.15) is 0 Å². The second kappa shape index (κ2) is 20.5.